The van der Waals surface area contributed by atoms with Gasteiger partial charge in [0.1, 0.15) is 0 Å². The van der Waals surface area contributed by atoms with E-state index in [9.17, 15) is 0 Å². The number of hydrogen-bond donors (Lipinski definition) is 2. The molecule has 3 rings (SSSR count). The molecule has 0 aliphatic carbocycles. The van der Waals surface area contributed by atoms with E-state index in [4.69, 9.17) is 17.0 Å². The van der Waals surface area contributed by atoms with Gasteiger partial charge in [-0.15, -0.1) is 0 Å². The van der Waals surface area contributed by atoms with Gasteiger partial charge >= 0.3 is 0 Å². The highest BCUT2D eigenvalue weighted by molar-refractivity contribution is 7.80. The Bertz CT molecular complexity index is 630. The summed E-state index contributed by atoms with van der Waals surface area (Å²) in [5.74, 6) is 0. The van der Waals surface area contributed by atoms with E-state index < -0.39 is 0 Å². The van der Waals surface area contributed by atoms with E-state index in [0.717, 1.165) is 38.2 Å². The summed E-state index contributed by atoms with van der Waals surface area (Å²) in [5, 5.41) is 5.94. The van der Waals surface area contributed by atoms with Crippen LogP contribution < -0.4 is 15.8 Å². The second-order valence-electron chi connectivity index (χ2n) is 5.86. The first-order chi connectivity index (χ1) is 11.8. The van der Waals surface area contributed by atoms with Gasteiger partial charge in [0.25, 0.3) is 0 Å². The van der Waals surface area contributed by atoms with Crippen LogP contribution in [0.3, 0.4) is 0 Å². The van der Waals surface area contributed by atoms with Crippen molar-refractivity contribution in [1.29, 1.82) is 0 Å². The molecular weight excluding hydrogens is 318 g/mol. The Morgan fingerprint density at radius 3 is 2.46 bits per heavy atom. The molecule has 0 saturated carbocycles. The number of rotatable bonds is 6. The van der Waals surface area contributed by atoms with Crippen LogP contribution in [-0.2, 0) is 11.3 Å². The van der Waals surface area contributed by atoms with Crippen molar-refractivity contribution in [2.45, 2.75) is 25.5 Å². The first-order valence-electron chi connectivity index (χ1n) is 8.34. The predicted molar refractivity (Wildman–Crippen MR) is 102 cm³/mol. The third-order valence-electron chi connectivity index (χ3n) is 4.00. The van der Waals surface area contributed by atoms with Crippen molar-refractivity contribution < 1.29 is 4.74 Å². The largest absolute Gasteiger partial charge is 0.376 e. The molecule has 1 aliphatic rings. The summed E-state index contributed by atoms with van der Waals surface area (Å²) in [5.41, 5.74) is 5.59. The summed E-state index contributed by atoms with van der Waals surface area (Å²) in [7, 11) is 0. The summed E-state index contributed by atoms with van der Waals surface area (Å²) < 4.78 is 5.63. The minimum atomic E-state index is 0.268. The zero-order chi connectivity index (χ0) is 16.6. The van der Waals surface area contributed by atoms with Gasteiger partial charge in [0.15, 0.2) is 5.11 Å². The smallest absolute Gasteiger partial charge is 0.185 e. The van der Waals surface area contributed by atoms with Gasteiger partial charge < -0.3 is 10.1 Å². The highest BCUT2D eigenvalue weighted by atomic mass is 32.1. The van der Waals surface area contributed by atoms with Crippen LogP contribution in [0.2, 0.25) is 0 Å². The van der Waals surface area contributed by atoms with Gasteiger partial charge in [-0.3, -0.25) is 10.4 Å². The van der Waals surface area contributed by atoms with Crippen LogP contribution in [0.5, 0.6) is 0 Å². The summed E-state index contributed by atoms with van der Waals surface area (Å²) in [4.78, 5) is 0. The number of thiocarbonyl (C=S) groups is 1. The molecule has 1 heterocycles. The fourth-order valence-electron chi connectivity index (χ4n) is 2.74. The van der Waals surface area contributed by atoms with E-state index >= 15 is 0 Å². The van der Waals surface area contributed by atoms with Crippen molar-refractivity contribution in [2.24, 2.45) is 0 Å². The lowest BCUT2D eigenvalue weighted by molar-refractivity contribution is 0.114. The highest BCUT2D eigenvalue weighted by Gasteiger charge is 2.16. The van der Waals surface area contributed by atoms with E-state index in [-0.39, 0.29) is 6.10 Å². The van der Waals surface area contributed by atoms with Gasteiger partial charge in [0, 0.05) is 13.2 Å². The van der Waals surface area contributed by atoms with Crippen LogP contribution >= 0.6 is 12.2 Å². The second kappa shape index (κ2) is 8.66. The number of ether oxygens (including phenoxy) is 1. The third kappa shape index (κ3) is 4.94. The monoisotopic (exact) mass is 341 g/mol. The molecule has 2 aromatic rings. The number of hydrazine groups is 1. The molecule has 1 aliphatic heterocycles. The van der Waals surface area contributed by atoms with Crippen molar-refractivity contribution >= 4 is 23.0 Å². The van der Waals surface area contributed by atoms with Gasteiger partial charge in [0.05, 0.1) is 18.3 Å². The van der Waals surface area contributed by atoms with Crippen molar-refractivity contribution in [2.75, 3.05) is 18.2 Å². The van der Waals surface area contributed by atoms with Gasteiger partial charge in [-0.1, -0.05) is 48.5 Å². The number of benzene rings is 2. The molecule has 1 saturated heterocycles. The van der Waals surface area contributed by atoms with Crippen LogP contribution in [0.1, 0.15) is 18.4 Å². The summed E-state index contributed by atoms with van der Waals surface area (Å²) in [6.07, 6.45) is 2.50. The highest BCUT2D eigenvalue weighted by Crippen LogP contribution is 2.15. The first kappa shape index (κ1) is 16.7. The Balaban J connectivity index is 1.62. The van der Waals surface area contributed by atoms with E-state index in [0.29, 0.717) is 5.11 Å². The number of para-hydroxylation sites is 1. The van der Waals surface area contributed by atoms with E-state index in [2.05, 4.69) is 40.0 Å². The standard InChI is InChI=1S/C19H23N3OS/c24-19(20-14-18-12-7-13-23-18)21-22(17-10-5-2-6-11-17)15-16-8-3-1-4-9-16/h1-6,8-11,18H,7,12-15H2,(H2,20,21,24)/t18-/m1/s1. The summed E-state index contributed by atoms with van der Waals surface area (Å²) >= 11 is 5.46. The third-order valence-corrected chi connectivity index (χ3v) is 4.24. The summed E-state index contributed by atoms with van der Waals surface area (Å²) in [6.45, 7) is 2.34. The van der Waals surface area contributed by atoms with Crippen molar-refractivity contribution in [1.82, 2.24) is 10.7 Å². The predicted octanol–water partition coefficient (Wildman–Crippen LogP) is 3.25. The van der Waals surface area contributed by atoms with Crippen molar-refractivity contribution in [3.05, 3.63) is 66.2 Å². The summed E-state index contributed by atoms with van der Waals surface area (Å²) in [6, 6.07) is 20.5. The molecule has 0 bridgehead atoms. The molecular formula is C19H23N3OS. The molecule has 126 valence electrons. The maximum absolute atomic E-state index is 5.63. The molecule has 0 radical (unpaired) electrons. The molecule has 0 amide bonds. The van der Waals surface area contributed by atoms with Gasteiger partial charge in [-0.25, -0.2) is 0 Å². The van der Waals surface area contributed by atoms with Crippen molar-refractivity contribution in [3.63, 3.8) is 0 Å². The number of anilines is 1. The molecule has 4 nitrogen and oxygen atoms in total. The van der Waals surface area contributed by atoms with Crippen LogP contribution in [0, 0.1) is 0 Å². The lowest BCUT2D eigenvalue weighted by atomic mass is 10.2. The van der Waals surface area contributed by atoms with E-state index in [1.54, 1.807) is 0 Å². The Morgan fingerprint density at radius 1 is 1.08 bits per heavy atom. The van der Waals surface area contributed by atoms with Gasteiger partial charge in [-0.2, -0.15) is 0 Å². The Kier molecular flexibility index (Phi) is 6.04. The second-order valence-corrected chi connectivity index (χ2v) is 6.27. The Labute approximate surface area is 148 Å². The van der Waals surface area contributed by atoms with Crippen molar-refractivity contribution in [3.8, 4) is 0 Å². The zero-order valence-corrected chi connectivity index (χ0v) is 14.5. The molecule has 1 atom stereocenters. The van der Waals surface area contributed by atoms with Crippen LogP contribution in [0.25, 0.3) is 0 Å². The minimum absolute atomic E-state index is 0.268. The minimum Gasteiger partial charge on any atom is -0.376 e. The molecule has 0 unspecified atom stereocenters. The molecule has 24 heavy (non-hydrogen) atoms. The Hall–Kier alpha value is -2.11. The lowest BCUT2D eigenvalue weighted by Crippen LogP contribution is -2.48. The topological polar surface area (TPSA) is 36.5 Å². The molecule has 2 aromatic carbocycles. The molecule has 2 N–H and O–H groups in total. The normalized spacial score (nSPS) is 16.6. The molecule has 5 heteroatoms. The number of nitrogens with zero attached hydrogens (tertiary/aromatic N) is 1. The number of nitrogens with one attached hydrogen (secondary N) is 2. The lowest BCUT2D eigenvalue weighted by Gasteiger charge is -2.27. The SMILES string of the molecule is S=C(NC[C@H]1CCCO1)NN(Cc1ccccc1)c1ccccc1. The molecule has 0 spiro atoms. The van der Waals surface area contributed by atoms with E-state index in [1.807, 2.05) is 36.4 Å². The fraction of sp³-hybridized carbons (Fsp3) is 0.316. The van der Waals surface area contributed by atoms with E-state index in [1.165, 1.54) is 5.56 Å². The maximum atomic E-state index is 5.63. The van der Waals surface area contributed by atoms with Crippen LogP contribution in [0.15, 0.2) is 60.7 Å². The number of hydrogen-bond acceptors (Lipinski definition) is 3. The zero-order valence-electron chi connectivity index (χ0n) is 13.7. The average Bonchev–Trinajstić information content (AvgIpc) is 3.15. The first-order valence-corrected chi connectivity index (χ1v) is 8.75. The Morgan fingerprint density at radius 2 is 1.79 bits per heavy atom. The van der Waals surface area contributed by atoms with Gasteiger partial charge in [0.2, 0.25) is 0 Å². The molecule has 0 aromatic heterocycles. The van der Waals surface area contributed by atoms with Crippen LogP contribution in [0.4, 0.5) is 5.69 Å². The quantitative estimate of drug-likeness (QED) is 0.623. The van der Waals surface area contributed by atoms with Gasteiger partial charge in [-0.05, 0) is 42.8 Å². The molecule has 1 fully saturated rings. The fourth-order valence-corrected chi connectivity index (χ4v) is 2.94. The average molecular weight is 341 g/mol. The maximum Gasteiger partial charge on any atom is 0.185 e. The van der Waals surface area contributed by atoms with Crippen LogP contribution in [-0.4, -0.2) is 24.4 Å².